The van der Waals surface area contributed by atoms with Crippen LogP contribution in [-0.4, -0.2) is 21.9 Å². The lowest BCUT2D eigenvalue weighted by molar-refractivity contribution is -0.116. The molecule has 0 spiro atoms. The van der Waals surface area contributed by atoms with Crippen LogP contribution in [0.15, 0.2) is 36.8 Å². The molecule has 0 fully saturated rings. The van der Waals surface area contributed by atoms with Crippen molar-refractivity contribution in [2.75, 3.05) is 10.2 Å². The second kappa shape index (κ2) is 4.90. The zero-order valence-corrected chi connectivity index (χ0v) is 11.0. The molecule has 0 aliphatic carbocycles. The first-order valence-electron chi connectivity index (χ1n) is 5.83. The lowest BCUT2D eigenvalue weighted by Crippen LogP contribution is -2.37. The van der Waals surface area contributed by atoms with Crippen LogP contribution in [0.25, 0.3) is 0 Å². The third kappa shape index (κ3) is 2.21. The summed E-state index contributed by atoms with van der Waals surface area (Å²) in [5.74, 6) is -0.0237. The van der Waals surface area contributed by atoms with Crippen molar-refractivity contribution in [3.05, 3.63) is 47.4 Å². The molecule has 1 aromatic carbocycles. The van der Waals surface area contributed by atoms with E-state index in [-0.39, 0.29) is 18.1 Å². The van der Waals surface area contributed by atoms with E-state index in [9.17, 15) is 9.59 Å². The third-order valence-electron chi connectivity index (χ3n) is 2.88. The number of hydrogen-bond acceptors (Lipinski definition) is 4. The molecule has 0 bridgehead atoms. The van der Waals surface area contributed by atoms with Gasteiger partial charge in [-0.3, -0.25) is 15.1 Å². The predicted molar refractivity (Wildman–Crippen MR) is 73.7 cm³/mol. The highest BCUT2D eigenvalue weighted by Crippen LogP contribution is 2.31. The van der Waals surface area contributed by atoms with Crippen molar-refractivity contribution in [1.29, 1.82) is 0 Å². The Labute approximate surface area is 119 Å². The van der Waals surface area contributed by atoms with Gasteiger partial charge >= 0.3 is 6.03 Å². The molecule has 0 radical (unpaired) electrons. The average molecular weight is 289 g/mol. The Bertz CT molecular complexity index is 690. The number of carbonyl (C=O) groups excluding carboxylic acids is 2. The predicted octanol–water partition coefficient (Wildman–Crippen LogP) is 2.25. The van der Waals surface area contributed by atoms with Crippen molar-refractivity contribution in [2.24, 2.45) is 0 Å². The van der Waals surface area contributed by atoms with Gasteiger partial charge in [0.05, 0.1) is 18.3 Å². The molecule has 1 aliphatic rings. The van der Waals surface area contributed by atoms with E-state index >= 15 is 0 Å². The van der Waals surface area contributed by atoms with Crippen LogP contribution in [0.4, 0.5) is 16.3 Å². The van der Waals surface area contributed by atoms with Crippen LogP contribution in [0, 0.1) is 0 Å². The number of fused-ring (bicyclic) bond motifs is 1. The molecule has 7 heteroatoms. The van der Waals surface area contributed by atoms with Gasteiger partial charge in [-0.1, -0.05) is 17.7 Å². The van der Waals surface area contributed by atoms with E-state index in [4.69, 9.17) is 11.6 Å². The molecule has 2 heterocycles. The standard InChI is InChI=1S/C13H9ClN4O2/c14-9-2-1-8-5-12(19)18(10(8)6-9)13(20)17-11-7-15-3-4-16-11/h1-4,6-7H,5H2,(H,16,17,20). The smallest absolute Gasteiger partial charge is 0.290 e. The zero-order chi connectivity index (χ0) is 14.1. The van der Waals surface area contributed by atoms with Crippen LogP contribution in [0.2, 0.25) is 5.02 Å². The Morgan fingerprint density at radius 2 is 2.20 bits per heavy atom. The highest BCUT2D eigenvalue weighted by Gasteiger charge is 2.32. The lowest BCUT2D eigenvalue weighted by Gasteiger charge is -2.16. The summed E-state index contributed by atoms with van der Waals surface area (Å²) in [7, 11) is 0. The maximum atomic E-state index is 12.2. The van der Waals surface area contributed by atoms with Gasteiger partial charge in [-0.2, -0.15) is 0 Å². The van der Waals surface area contributed by atoms with Gasteiger partial charge in [-0.15, -0.1) is 0 Å². The van der Waals surface area contributed by atoms with Crippen molar-refractivity contribution >= 4 is 35.0 Å². The number of urea groups is 1. The second-order valence-electron chi connectivity index (χ2n) is 4.20. The maximum absolute atomic E-state index is 12.2. The number of hydrogen-bond donors (Lipinski definition) is 1. The number of imide groups is 1. The van der Waals surface area contributed by atoms with Crippen LogP contribution in [0.3, 0.4) is 0 Å². The number of anilines is 2. The summed E-state index contributed by atoms with van der Waals surface area (Å²) in [6.07, 6.45) is 4.52. The number of amides is 3. The minimum Gasteiger partial charge on any atom is -0.290 e. The molecule has 0 atom stereocenters. The zero-order valence-electron chi connectivity index (χ0n) is 10.2. The third-order valence-corrected chi connectivity index (χ3v) is 3.12. The van der Waals surface area contributed by atoms with Gasteiger partial charge in [0.2, 0.25) is 5.91 Å². The molecule has 0 unspecified atom stereocenters. The summed E-state index contributed by atoms with van der Waals surface area (Å²) in [5.41, 5.74) is 1.28. The van der Waals surface area contributed by atoms with Gasteiger partial charge in [0.15, 0.2) is 5.82 Å². The van der Waals surface area contributed by atoms with Crippen LogP contribution in [-0.2, 0) is 11.2 Å². The molecule has 1 aliphatic heterocycles. The van der Waals surface area contributed by atoms with Crippen molar-refractivity contribution in [3.8, 4) is 0 Å². The van der Waals surface area contributed by atoms with Gasteiger partial charge in [-0.25, -0.2) is 14.7 Å². The van der Waals surface area contributed by atoms with Crippen LogP contribution < -0.4 is 10.2 Å². The van der Waals surface area contributed by atoms with Crippen LogP contribution in [0.5, 0.6) is 0 Å². The SMILES string of the molecule is O=C1Cc2ccc(Cl)cc2N1C(=O)Nc1cnccn1. The first-order valence-corrected chi connectivity index (χ1v) is 6.21. The number of nitrogens with one attached hydrogen (secondary N) is 1. The molecule has 6 nitrogen and oxygen atoms in total. The van der Waals surface area contributed by atoms with E-state index in [2.05, 4.69) is 15.3 Å². The molecule has 20 heavy (non-hydrogen) atoms. The summed E-state index contributed by atoms with van der Waals surface area (Å²) in [5, 5.41) is 2.99. The number of nitrogens with zero attached hydrogens (tertiary/aromatic N) is 3. The molecule has 3 amide bonds. The van der Waals surface area contributed by atoms with Crippen LogP contribution in [0.1, 0.15) is 5.56 Å². The van der Waals surface area contributed by atoms with Gasteiger partial charge in [-0.05, 0) is 17.7 Å². The first kappa shape index (κ1) is 12.6. The topological polar surface area (TPSA) is 75.2 Å². The summed E-state index contributed by atoms with van der Waals surface area (Å²) in [4.78, 5) is 33.0. The van der Waals surface area contributed by atoms with Crippen molar-refractivity contribution in [2.45, 2.75) is 6.42 Å². The molecule has 1 N–H and O–H groups in total. The van der Waals surface area contributed by atoms with E-state index in [0.29, 0.717) is 10.7 Å². The number of aromatic nitrogens is 2. The fourth-order valence-electron chi connectivity index (χ4n) is 2.02. The van der Waals surface area contributed by atoms with Crippen molar-refractivity contribution < 1.29 is 9.59 Å². The Morgan fingerprint density at radius 1 is 1.35 bits per heavy atom. The quantitative estimate of drug-likeness (QED) is 0.873. The van der Waals surface area contributed by atoms with E-state index in [0.717, 1.165) is 10.5 Å². The van der Waals surface area contributed by atoms with Crippen molar-refractivity contribution in [3.63, 3.8) is 0 Å². The highest BCUT2D eigenvalue weighted by atomic mass is 35.5. The van der Waals surface area contributed by atoms with Gasteiger partial charge < -0.3 is 0 Å². The molecule has 0 saturated carbocycles. The summed E-state index contributed by atoms with van der Waals surface area (Å²) < 4.78 is 0. The average Bonchev–Trinajstić information content (AvgIpc) is 2.75. The molecule has 3 rings (SSSR count). The number of halogens is 1. The molecule has 1 aromatic heterocycles. The minimum absolute atomic E-state index is 0.181. The monoisotopic (exact) mass is 288 g/mol. The Balaban J connectivity index is 1.89. The Morgan fingerprint density at radius 3 is 2.95 bits per heavy atom. The summed E-state index contributed by atoms with van der Waals surface area (Å²) in [6.45, 7) is 0. The van der Waals surface area contributed by atoms with E-state index < -0.39 is 6.03 Å². The van der Waals surface area contributed by atoms with E-state index in [1.807, 2.05) is 0 Å². The summed E-state index contributed by atoms with van der Waals surface area (Å²) in [6, 6.07) is 4.46. The number of benzene rings is 1. The minimum atomic E-state index is -0.573. The van der Waals surface area contributed by atoms with Gasteiger partial charge in [0.25, 0.3) is 0 Å². The molecular weight excluding hydrogens is 280 g/mol. The first-order chi connectivity index (χ1) is 9.65. The Kier molecular flexibility index (Phi) is 3.08. The lowest BCUT2D eigenvalue weighted by atomic mass is 10.2. The molecular formula is C13H9ClN4O2. The van der Waals surface area contributed by atoms with Gasteiger partial charge in [0, 0.05) is 17.4 Å². The largest absolute Gasteiger partial charge is 0.334 e. The normalized spacial score (nSPS) is 13.2. The number of carbonyl (C=O) groups is 2. The van der Waals surface area contributed by atoms with Crippen molar-refractivity contribution in [1.82, 2.24) is 9.97 Å². The molecule has 2 aromatic rings. The molecule has 0 saturated heterocycles. The fourth-order valence-corrected chi connectivity index (χ4v) is 2.19. The summed E-state index contributed by atoms with van der Waals surface area (Å²) >= 11 is 5.91. The second-order valence-corrected chi connectivity index (χ2v) is 4.64. The fraction of sp³-hybridized carbons (Fsp3) is 0.0769. The maximum Gasteiger partial charge on any atom is 0.334 e. The Hall–Kier alpha value is -2.47. The number of rotatable bonds is 1. The molecule has 100 valence electrons. The van der Waals surface area contributed by atoms with E-state index in [1.165, 1.54) is 18.6 Å². The highest BCUT2D eigenvalue weighted by molar-refractivity contribution is 6.31. The van der Waals surface area contributed by atoms with Crippen LogP contribution >= 0.6 is 11.6 Å². The van der Waals surface area contributed by atoms with Gasteiger partial charge in [0.1, 0.15) is 0 Å². The van der Waals surface area contributed by atoms with E-state index in [1.54, 1.807) is 18.2 Å².